The molecule has 1 atom stereocenters. The number of allylic oxidation sites excluding steroid dienone is 1. The first-order valence-electron chi connectivity index (χ1n) is 14.7. The number of fused-ring (bicyclic) bond motifs is 2. The fourth-order valence-corrected chi connectivity index (χ4v) is 6.57. The number of hydrogen-bond donors (Lipinski definition) is 0. The molecule has 0 saturated heterocycles. The molecule has 0 bridgehead atoms. The number of esters is 1. The Morgan fingerprint density at radius 2 is 1.62 bits per heavy atom. The van der Waals surface area contributed by atoms with Gasteiger partial charge < -0.3 is 4.74 Å². The van der Waals surface area contributed by atoms with E-state index in [0.29, 0.717) is 43.1 Å². The summed E-state index contributed by atoms with van der Waals surface area (Å²) in [5.74, 6) is -1.55. The molecule has 47 heavy (non-hydrogen) atoms. The molecule has 0 saturated carbocycles. The average molecular weight is 647 g/mol. The lowest BCUT2D eigenvalue weighted by Crippen LogP contribution is -2.39. The fourth-order valence-electron chi connectivity index (χ4n) is 5.52. The first-order valence-corrected chi connectivity index (χ1v) is 15.5. The molecule has 2 aliphatic heterocycles. The van der Waals surface area contributed by atoms with Crippen molar-refractivity contribution >= 4 is 35.2 Å². The van der Waals surface area contributed by atoms with E-state index in [2.05, 4.69) is 15.3 Å². The maximum Gasteiger partial charge on any atom is 0.338 e. The highest BCUT2D eigenvalue weighted by Gasteiger charge is 2.37. The van der Waals surface area contributed by atoms with Crippen LogP contribution in [0.5, 0.6) is 0 Å². The summed E-state index contributed by atoms with van der Waals surface area (Å²) in [4.78, 5) is 62.5. The molecule has 0 fully saturated rings. The van der Waals surface area contributed by atoms with Gasteiger partial charge >= 0.3 is 5.97 Å². The van der Waals surface area contributed by atoms with Gasteiger partial charge in [-0.25, -0.2) is 14.5 Å². The molecule has 7 rings (SSSR count). The van der Waals surface area contributed by atoms with Crippen LogP contribution in [-0.4, -0.2) is 49.0 Å². The highest BCUT2D eigenvalue weighted by atomic mass is 32.1. The first-order chi connectivity index (χ1) is 22.8. The van der Waals surface area contributed by atoms with Crippen molar-refractivity contribution in [3.63, 3.8) is 0 Å². The van der Waals surface area contributed by atoms with Crippen LogP contribution in [0.15, 0.2) is 106 Å². The Balaban J connectivity index is 1.12. The number of carbonyl (C=O) groups excluding carboxylic acids is 3. The van der Waals surface area contributed by atoms with Crippen molar-refractivity contribution in [1.82, 2.24) is 24.6 Å². The zero-order valence-corrected chi connectivity index (χ0v) is 26.0. The van der Waals surface area contributed by atoms with Crippen molar-refractivity contribution in [3.8, 4) is 5.69 Å². The molecule has 2 amide bonds. The summed E-state index contributed by atoms with van der Waals surface area (Å²) in [6, 6.07) is 22.6. The standard InChI is InChI=1S/C34H26N6O6S/c1-3-45-33(44)28-20(2)35-34-39(29(28)22-9-5-4-6-10-22)32(43)27(47-34)17-21-13-15-24(16-14-21)38-18-23(36-37-38)19-46-40-30(41)25-11-7-8-12-26(25)31(40)42/h4-18,29H,3,19H2,1-2H3/b27-17+. The minimum absolute atomic E-state index is 0.133. The molecular formula is C34H26N6O6S. The number of thiazole rings is 1. The lowest BCUT2D eigenvalue weighted by molar-refractivity contribution is -0.139. The number of rotatable bonds is 8. The van der Waals surface area contributed by atoms with Crippen LogP contribution in [0.4, 0.5) is 0 Å². The van der Waals surface area contributed by atoms with Crippen molar-refractivity contribution in [2.45, 2.75) is 26.5 Å². The molecule has 3 aromatic carbocycles. The van der Waals surface area contributed by atoms with E-state index < -0.39 is 23.8 Å². The van der Waals surface area contributed by atoms with Gasteiger partial charge in [0, 0.05) is 0 Å². The summed E-state index contributed by atoms with van der Waals surface area (Å²) in [7, 11) is 0. The Hall–Kier alpha value is -5.79. The van der Waals surface area contributed by atoms with Gasteiger partial charge in [-0.15, -0.1) is 10.2 Å². The van der Waals surface area contributed by atoms with Crippen molar-refractivity contribution in [3.05, 3.63) is 144 Å². The molecule has 0 aliphatic carbocycles. The van der Waals surface area contributed by atoms with Crippen molar-refractivity contribution < 1.29 is 24.0 Å². The van der Waals surface area contributed by atoms with E-state index in [1.54, 1.807) is 55.0 Å². The van der Waals surface area contributed by atoms with Gasteiger partial charge in [0.15, 0.2) is 4.80 Å². The van der Waals surface area contributed by atoms with Crippen LogP contribution in [0, 0.1) is 0 Å². The second-order valence-corrected chi connectivity index (χ2v) is 11.7. The Kier molecular flexibility index (Phi) is 7.75. The van der Waals surface area contributed by atoms with E-state index in [1.807, 2.05) is 54.6 Å². The third-order valence-electron chi connectivity index (χ3n) is 7.73. The van der Waals surface area contributed by atoms with Crippen LogP contribution < -0.4 is 14.9 Å². The Morgan fingerprint density at radius 3 is 2.30 bits per heavy atom. The monoisotopic (exact) mass is 646 g/mol. The largest absolute Gasteiger partial charge is 0.463 e. The molecule has 2 aliphatic rings. The number of carbonyl (C=O) groups is 3. The third kappa shape index (κ3) is 5.41. The molecule has 2 aromatic heterocycles. The van der Waals surface area contributed by atoms with E-state index in [4.69, 9.17) is 9.57 Å². The lowest BCUT2D eigenvalue weighted by atomic mass is 9.96. The maximum absolute atomic E-state index is 13.8. The number of hydroxylamine groups is 2. The Bertz CT molecular complexity index is 2230. The second-order valence-electron chi connectivity index (χ2n) is 10.7. The topological polar surface area (TPSA) is 138 Å². The molecule has 1 unspecified atom stereocenters. The molecule has 0 N–H and O–H groups in total. The van der Waals surface area contributed by atoms with Gasteiger partial charge in [0.2, 0.25) is 0 Å². The quantitative estimate of drug-likeness (QED) is 0.185. The van der Waals surface area contributed by atoms with Gasteiger partial charge in [0.1, 0.15) is 12.3 Å². The minimum atomic E-state index is -0.668. The lowest BCUT2D eigenvalue weighted by Gasteiger charge is -2.24. The minimum Gasteiger partial charge on any atom is -0.463 e. The van der Waals surface area contributed by atoms with E-state index in [1.165, 1.54) is 16.0 Å². The van der Waals surface area contributed by atoms with Gasteiger partial charge in [-0.2, -0.15) is 0 Å². The van der Waals surface area contributed by atoms with E-state index in [-0.39, 0.29) is 18.8 Å². The Morgan fingerprint density at radius 1 is 0.936 bits per heavy atom. The number of benzene rings is 3. The molecule has 13 heteroatoms. The number of aromatic nitrogens is 4. The number of amides is 2. The SMILES string of the molecule is CCOC(=O)C1=C(C)N=c2s/c(=C/c3ccc(-n4cc(CON5C(=O)c6ccccc6C5=O)nn4)cc3)c(=O)n2C1c1ccccc1. The summed E-state index contributed by atoms with van der Waals surface area (Å²) in [6.45, 7) is 3.57. The number of ether oxygens (including phenoxy) is 1. The fraction of sp³-hybridized carbons (Fsp3) is 0.147. The normalized spacial score (nSPS) is 15.9. The molecule has 12 nitrogen and oxygen atoms in total. The predicted octanol–water partition coefficient (Wildman–Crippen LogP) is 3.11. The van der Waals surface area contributed by atoms with E-state index in [0.717, 1.165) is 16.2 Å². The van der Waals surface area contributed by atoms with Crippen LogP contribution in [0.2, 0.25) is 0 Å². The van der Waals surface area contributed by atoms with Crippen molar-refractivity contribution in [2.24, 2.45) is 4.99 Å². The van der Waals surface area contributed by atoms with Gasteiger partial charge in [-0.3, -0.25) is 23.8 Å². The van der Waals surface area contributed by atoms with Crippen LogP contribution in [-0.2, 0) is 21.0 Å². The van der Waals surface area contributed by atoms with Crippen molar-refractivity contribution in [2.75, 3.05) is 6.61 Å². The summed E-state index contributed by atoms with van der Waals surface area (Å²) in [5, 5.41) is 8.98. The first kappa shape index (κ1) is 29.9. The molecule has 0 spiro atoms. The highest BCUT2D eigenvalue weighted by molar-refractivity contribution is 7.07. The summed E-state index contributed by atoms with van der Waals surface area (Å²) >= 11 is 1.25. The van der Waals surface area contributed by atoms with Gasteiger partial charge in [0.05, 0.1) is 51.5 Å². The predicted molar refractivity (Wildman–Crippen MR) is 170 cm³/mol. The zero-order chi connectivity index (χ0) is 32.7. The van der Waals surface area contributed by atoms with Crippen LogP contribution in [0.3, 0.4) is 0 Å². The molecule has 4 heterocycles. The third-order valence-corrected chi connectivity index (χ3v) is 8.71. The van der Waals surface area contributed by atoms with Gasteiger partial charge in [0.25, 0.3) is 17.4 Å². The van der Waals surface area contributed by atoms with Crippen LogP contribution in [0.25, 0.3) is 11.8 Å². The molecule has 234 valence electrons. The average Bonchev–Trinajstić information content (AvgIpc) is 3.75. The van der Waals surface area contributed by atoms with Crippen LogP contribution >= 0.6 is 11.3 Å². The Labute approximate surface area is 271 Å². The number of nitrogens with zero attached hydrogens (tertiary/aromatic N) is 6. The van der Waals surface area contributed by atoms with Gasteiger partial charge in [-0.05, 0) is 55.3 Å². The van der Waals surface area contributed by atoms with E-state index in [9.17, 15) is 19.2 Å². The zero-order valence-electron chi connectivity index (χ0n) is 25.2. The summed E-state index contributed by atoms with van der Waals surface area (Å²) in [6.07, 6.45) is 3.42. The molecular weight excluding hydrogens is 620 g/mol. The molecule has 5 aromatic rings. The van der Waals surface area contributed by atoms with Gasteiger partial charge in [-0.1, -0.05) is 71.1 Å². The summed E-state index contributed by atoms with van der Waals surface area (Å²) in [5.41, 5.74) is 3.83. The smallest absolute Gasteiger partial charge is 0.338 e. The maximum atomic E-state index is 13.8. The number of imide groups is 1. The van der Waals surface area contributed by atoms with Crippen molar-refractivity contribution in [1.29, 1.82) is 0 Å². The van der Waals surface area contributed by atoms with Crippen LogP contribution in [0.1, 0.15) is 57.4 Å². The second kappa shape index (κ2) is 12.2. The molecule has 0 radical (unpaired) electrons. The highest BCUT2D eigenvalue weighted by Crippen LogP contribution is 2.30. The number of hydrogen-bond acceptors (Lipinski definition) is 10. The summed E-state index contributed by atoms with van der Waals surface area (Å²) < 4.78 is 8.90. The van der Waals surface area contributed by atoms with E-state index >= 15 is 0 Å².